The monoisotopic (exact) mass is 230 g/mol. The highest BCUT2D eigenvalue weighted by atomic mass is 19.2. The predicted octanol–water partition coefficient (Wildman–Crippen LogP) is 0.767. The highest BCUT2D eigenvalue weighted by Gasteiger charge is 2.18. The van der Waals surface area contributed by atoms with Crippen LogP contribution in [0.4, 0.5) is 8.78 Å². The number of hydrogen-bond donors (Lipinski definition) is 3. The van der Waals surface area contributed by atoms with E-state index in [1.807, 2.05) is 0 Å². The maximum atomic E-state index is 12.9. The molecule has 1 aromatic rings. The summed E-state index contributed by atoms with van der Waals surface area (Å²) < 4.78 is 25.5. The van der Waals surface area contributed by atoms with Crippen molar-refractivity contribution in [2.24, 2.45) is 11.5 Å². The summed E-state index contributed by atoms with van der Waals surface area (Å²) in [6, 6.07) is 1.33. The molecule has 0 saturated carbocycles. The van der Waals surface area contributed by atoms with Crippen LogP contribution in [0.5, 0.6) is 0 Å². The van der Waals surface area contributed by atoms with Crippen LogP contribution in [0.25, 0.3) is 0 Å². The van der Waals surface area contributed by atoms with Crippen LogP contribution in [0.2, 0.25) is 0 Å². The van der Waals surface area contributed by atoms with Crippen LogP contribution in [0.3, 0.4) is 0 Å². The minimum atomic E-state index is -1.18. The highest BCUT2D eigenvalue weighted by molar-refractivity contribution is 5.73. The molecule has 0 aliphatic heterocycles. The SMILES string of the molecule is NC(CC(N)c1ccc(F)c(F)c1)C(=O)O. The zero-order valence-electron chi connectivity index (χ0n) is 8.36. The molecule has 0 amide bonds. The first kappa shape index (κ1) is 12.5. The van der Waals surface area contributed by atoms with E-state index in [9.17, 15) is 13.6 Å². The van der Waals surface area contributed by atoms with E-state index in [0.717, 1.165) is 12.1 Å². The third kappa shape index (κ3) is 2.98. The lowest BCUT2D eigenvalue weighted by Crippen LogP contribution is -2.33. The summed E-state index contributed by atoms with van der Waals surface area (Å²) in [5.41, 5.74) is 11.2. The maximum absolute atomic E-state index is 12.9. The van der Waals surface area contributed by atoms with Crippen molar-refractivity contribution in [1.82, 2.24) is 0 Å². The van der Waals surface area contributed by atoms with Gasteiger partial charge in [0.05, 0.1) is 0 Å². The zero-order chi connectivity index (χ0) is 12.3. The molecule has 4 nitrogen and oxygen atoms in total. The molecular weight excluding hydrogens is 218 g/mol. The van der Waals surface area contributed by atoms with Gasteiger partial charge in [0.2, 0.25) is 0 Å². The summed E-state index contributed by atoms with van der Waals surface area (Å²) in [5, 5.41) is 8.56. The molecule has 0 radical (unpaired) electrons. The van der Waals surface area contributed by atoms with Crippen molar-refractivity contribution < 1.29 is 18.7 Å². The van der Waals surface area contributed by atoms with Gasteiger partial charge < -0.3 is 16.6 Å². The van der Waals surface area contributed by atoms with Crippen LogP contribution in [0.15, 0.2) is 18.2 Å². The van der Waals surface area contributed by atoms with Gasteiger partial charge in [0.25, 0.3) is 0 Å². The molecule has 6 heteroatoms. The van der Waals surface area contributed by atoms with Crippen molar-refractivity contribution in [2.45, 2.75) is 18.5 Å². The first-order chi connectivity index (χ1) is 7.41. The Bertz CT molecular complexity index is 398. The fourth-order valence-electron chi connectivity index (χ4n) is 1.25. The van der Waals surface area contributed by atoms with Crippen molar-refractivity contribution in [2.75, 3.05) is 0 Å². The molecule has 0 bridgehead atoms. The molecule has 0 fully saturated rings. The normalized spacial score (nSPS) is 14.5. The molecular formula is C10H12F2N2O2. The van der Waals surface area contributed by atoms with Gasteiger partial charge in [-0.1, -0.05) is 6.07 Å². The van der Waals surface area contributed by atoms with Crippen LogP contribution in [-0.2, 0) is 4.79 Å². The summed E-state index contributed by atoms with van der Waals surface area (Å²) in [4.78, 5) is 10.5. The molecule has 1 aromatic carbocycles. The molecule has 16 heavy (non-hydrogen) atoms. The second-order valence-corrected chi connectivity index (χ2v) is 3.46. The first-order valence-electron chi connectivity index (χ1n) is 4.60. The molecule has 0 aliphatic rings. The van der Waals surface area contributed by atoms with E-state index in [-0.39, 0.29) is 6.42 Å². The molecule has 0 heterocycles. The number of carboxylic acids is 1. The smallest absolute Gasteiger partial charge is 0.320 e. The summed E-state index contributed by atoms with van der Waals surface area (Å²) in [5.74, 6) is -3.17. The van der Waals surface area contributed by atoms with Gasteiger partial charge in [-0.25, -0.2) is 8.78 Å². The van der Waals surface area contributed by atoms with Gasteiger partial charge in [-0.3, -0.25) is 4.79 Å². The zero-order valence-corrected chi connectivity index (χ0v) is 8.36. The van der Waals surface area contributed by atoms with E-state index in [4.69, 9.17) is 16.6 Å². The Morgan fingerprint density at radius 2 is 1.94 bits per heavy atom. The molecule has 0 spiro atoms. The molecule has 0 aliphatic carbocycles. The molecule has 0 saturated heterocycles. The van der Waals surface area contributed by atoms with E-state index in [0.29, 0.717) is 5.56 Å². The highest BCUT2D eigenvalue weighted by Crippen LogP contribution is 2.18. The molecule has 5 N–H and O–H groups in total. The van der Waals surface area contributed by atoms with E-state index in [1.165, 1.54) is 6.07 Å². The number of rotatable bonds is 4. The Morgan fingerprint density at radius 3 is 2.44 bits per heavy atom. The van der Waals surface area contributed by atoms with E-state index < -0.39 is 29.7 Å². The number of benzene rings is 1. The topological polar surface area (TPSA) is 89.3 Å². The maximum Gasteiger partial charge on any atom is 0.320 e. The Balaban J connectivity index is 2.76. The van der Waals surface area contributed by atoms with Crippen LogP contribution in [0, 0.1) is 11.6 Å². The number of carbonyl (C=O) groups is 1. The van der Waals surface area contributed by atoms with Gasteiger partial charge in [0, 0.05) is 6.04 Å². The van der Waals surface area contributed by atoms with Gasteiger partial charge in [-0.15, -0.1) is 0 Å². The predicted molar refractivity (Wildman–Crippen MR) is 53.5 cm³/mol. The van der Waals surface area contributed by atoms with Gasteiger partial charge in [-0.2, -0.15) is 0 Å². The summed E-state index contributed by atoms with van der Waals surface area (Å²) in [7, 11) is 0. The van der Waals surface area contributed by atoms with Crippen LogP contribution >= 0.6 is 0 Å². The fraction of sp³-hybridized carbons (Fsp3) is 0.300. The molecule has 2 atom stereocenters. The van der Waals surface area contributed by atoms with Crippen LogP contribution < -0.4 is 11.5 Å². The van der Waals surface area contributed by atoms with Crippen molar-refractivity contribution >= 4 is 5.97 Å². The Morgan fingerprint density at radius 1 is 1.31 bits per heavy atom. The van der Waals surface area contributed by atoms with Crippen LogP contribution in [-0.4, -0.2) is 17.1 Å². The van der Waals surface area contributed by atoms with Gasteiger partial charge in [0.1, 0.15) is 6.04 Å². The fourth-order valence-corrected chi connectivity index (χ4v) is 1.25. The number of carboxylic acid groups (broad SMARTS) is 1. The number of hydrogen-bond acceptors (Lipinski definition) is 3. The van der Waals surface area contributed by atoms with Crippen molar-refractivity contribution in [3.05, 3.63) is 35.4 Å². The van der Waals surface area contributed by atoms with E-state index in [2.05, 4.69) is 0 Å². The van der Waals surface area contributed by atoms with Crippen molar-refractivity contribution in [1.29, 1.82) is 0 Å². The average molecular weight is 230 g/mol. The Kier molecular flexibility index (Phi) is 3.92. The summed E-state index contributed by atoms with van der Waals surface area (Å²) in [6.07, 6.45) is -0.0413. The standard InChI is InChI=1S/C10H12F2N2O2/c11-6-2-1-5(3-7(6)12)8(13)4-9(14)10(15)16/h1-3,8-9H,4,13-14H2,(H,15,16). The second-order valence-electron chi connectivity index (χ2n) is 3.46. The van der Waals surface area contributed by atoms with Gasteiger partial charge >= 0.3 is 5.97 Å². The van der Waals surface area contributed by atoms with E-state index in [1.54, 1.807) is 0 Å². The molecule has 1 rings (SSSR count). The molecule has 0 aromatic heterocycles. The molecule has 88 valence electrons. The number of nitrogens with two attached hydrogens (primary N) is 2. The minimum Gasteiger partial charge on any atom is -0.480 e. The van der Waals surface area contributed by atoms with Crippen LogP contribution in [0.1, 0.15) is 18.0 Å². The van der Waals surface area contributed by atoms with E-state index >= 15 is 0 Å². The van der Waals surface area contributed by atoms with Gasteiger partial charge in [-0.05, 0) is 24.1 Å². The minimum absolute atomic E-state index is 0.0413. The second kappa shape index (κ2) is 5.00. The largest absolute Gasteiger partial charge is 0.480 e. The third-order valence-corrected chi connectivity index (χ3v) is 2.20. The summed E-state index contributed by atoms with van der Waals surface area (Å²) in [6.45, 7) is 0. The average Bonchev–Trinajstić information content (AvgIpc) is 2.21. The lowest BCUT2D eigenvalue weighted by atomic mass is 10.0. The third-order valence-electron chi connectivity index (χ3n) is 2.20. The number of aliphatic carboxylic acids is 1. The Labute approximate surface area is 90.9 Å². The van der Waals surface area contributed by atoms with Gasteiger partial charge in [0.15, 0.2) is 11.6 Å². The lowest BCUT2D eigenvalue weighted by molar-refractivity contribution is -0.138. The quantitative estimate of drug-likeness (QED) is 0.712. The molecule has 2 unspecified atom stereocenters. The Hall–Kier alpha value is -1.53. The lowest BCUT2D eigenvalue weighted by Gasteiger charge is -2.14. The van der Waals surface area contributed by atoms with Crippen molar-refractivity contribution in [3.63, 3.8) is 0 Å². The number of halogens is 2. The summed E-state index contributed by atoms with van der Waals surface area (Å²) >= 11 is 0. The van der Waals surface area contributed by atoms with Crippen molar-refractivity contribution in [3.8, 4) is 0 Å². The first-order valence-corrected chi connectivity index (χ1v) is 4.60.